The molecule has 0 aliphatic heterocycles. The Morgan fingerprint density at radius 2 is 2.00 bits per heavy atom. The van der Waals surface area contributed by atoms with Crippen LogP contribution < -0.4 is 15.8 Å². The van der Waals surface area contributed by atoms with Crippen LogP contribution in [0.3, 0.4) is 0 Å². The van der Waals surface area contributed by atoms with Crippen molar-refractivity contribution in [1.29, 1.82) is 0 Å². The van der Waals surface area contributed by atoms with E-state index in [-0.39, 0.29) is 17.5 Å². The number of nitrogens with zero attached hydrogens (tertiary/aromatic N) is 3. The molecule has 0 aromatic carbocycles. The second-order valence-electron chi connectivity index (χ2n) is 4.62. The normalized spacial score (nSPS) is 15.9. The summed E-state index contributed by atoms with van der Waals surface area (Å²) in [6.07, 6.45) is 2.50. The average molecular weight is 223 g/mol. The number of aromatic nitrogens is 3. The third-order valence-corrected chi connectivity index (χ3v) is 2.85. The molecule has 1 aliphatic rings. The van der Waals surface area contributed by atoms with E-state index in [4.69, 9.17) is 10.5 Å². The number of anilines is 2. The standard InChI is InChI=1S/C10H17N5O/c1-10(2,6-4-5-6)15-8-12-7(11)13-9(14-8)16-3/h6H,4-5H2,1-3H3,(H3,11,12,13,14,15). The molecule has 1 fully saturated rings. The Bertz CT molecular complexity index is 389. The molecular weight excluding hydrogens is 206 g/mol. The number of nitrogens with two attached hydrogens (primary N) is 1. The summed E-state index contributed by atoms with van der Waals surface area (Å²) in [5, 5.41) is 3.27. The second kappa shape index (κ2) is 3.77. The summed E-state index contributed by atoms with van der Waals surface area (Å²) in [5.74, 6) is 1.32. The van der Waals surface area contributed by atoms with Gasteiger partial charge in [-0.3, -0.25) is 0 Å². The third kappa shape index (κ3) is 2.32. The van der Waals surface area contributed by atoms with Crippen molar-refractivity contribution in [2.24, 2.45) is 5.92 Å². The van der Waals surface area contributed by atoms with Gasteiger partial charge in [-0.2, -0.15) is 15.0 Å². The van der Waals surface area contributed by atoms with Gasteiger partial charge in [0.05, 0.1) is 7.11 Å². The molecule has 88 valence electrons. The van der Waals surface area contributed by atoms with E-state index in [9.17, 15) is 0 Å². The lowest BCUT2D eigenvalue weighted by atomic mass is 9.99. The molecule has 1 saturated carbocycles. The van der Waals surface area contributed by atoms with Gasteiger partial charge in [0.1, 0.15) is 0 Å². The molecule has 6 nitrogen and oxygen atoms in total. The van der Waals surface area contributed by atoms with Gasteiger partial charge in [0.25, 0.3) is 0 Å². The van der Waals surface area contributed by atoms with Gasteiger partial charge in [0.2, 0.25) is 11.9 Å². The molecule has 0 saturated heterocycles. The zero-order valence-electron chi connectivity index (χ0n) is 9.82. The SMILES string of the molecule is COc1nc(N)nc(NC(C)(C)C2CC2)n1. The minimum Gasteiger partial charge on any atom is -0.467 e. The molecule has 1 aromatic rings. The smallest absolute Gasteiger partial charge is 0.322 e. The number of hydrogen-bond acceptors (Lipinski definition) is 6. The van der Waals surface area contributed by atoms with Crippen LogP contribution in [-0.2, 0) is 0 Å². The first-order valence-electron chi connectivity index (χ1n) is 5.35. The van der Waals surface area contributed by atoms with Crippen LogP contribution in [0.25, 0.3) is 0 Å². The Labute approximate surface area is 94.6 Å². The van der Waals surface area contributed by atoms with Crippen LogP contribution in [0.4, 0.5) is 11.9 Å². The summed E-state index contributed by atoms with van der Waals surface area (Å²) in [5.41, 5.74) is 5.55. The first kappa shape index (κ1) is 10.9. The van der Waals surface area contributed by atoms with Crippen LogP contribution in [-0.4, -0.2) is 27.6 Å². The predicted octanol–water partition coefficient (Wildman–Crippen LogP) is 1.06. The lowest BCUT2D eigenvalue weighted by Gasteiger charge is -2.26. The van der Waals surface area contributed by atoms with Crippen molar-refractivity contribution < 1.29 is 4.74 Å². The van der Waals surface area contributed by atoms with Gasteiger partial charge in [-0.05, 0) is 32.6 Å². The van der Waals surface area contributed by atoms with E-state index in [0.29, 0.717) is 11.9 Å². The largest absolute Gasteiger partial charge is 0.467 e. The summed E-state index contributed by atoms with van der Waals surface area (Å²) in [4.78, 5) is 12.0. The topological polar surface area (TPSA) is 86.0 Å². The van der Waals surface area contributed by atoms with Crippen molar-refractivity contribution in [3.63, 3.8) is 0 Å². The molecule has 2 rings (SSSR count). The lowest BCUT2D eigenvalue weighted by molar-refractivity contribution is 0.378. The van der Waals surface area contributed by atoms with Gasteiger partial charge < -0.3 is 15.8 Å². The van der Waals surface area contributed by atoms with E-state index in [0.717, 1.165) is 0 Å². The number of nitrogens with one attached hydrogen (secondary N) is 1. The zero-order chi connectivity index (χ0) is 11.8. The number of rotatable bonds is 4. The molecule has 16 heavy (non-hydrogen) atoms. The average Bonchev–Trinajstić information content (AvgIpc) is 2.98. The van der Waals surface area contributed by atoms with E-state index >= 15 is 0 Å². The van der Waals surface area contributed by atoms with E-state index in [1.54, 1.807) is 0 Å². The highest BCUT2D eigenvalue weighted by molar-refractivity contribution is 5.35. The Kier molecular flexibility index (Phi) is 2.57. The minimum atomic E-state index is -0.0151. The lowest BCUT2D eigenvalue weighted by Crippen LogP contribution is -2.34. The summed E-state index contributed by atoms with van der Waals surface area (Å²) in [6, 6.07) is 0.238. The predicted molar refractivity (Wildman–Crippen MR) is 61.2 cm³/mol. The molecular formula is C10H17N5O. The van der Waals surface area contributed by atoms with Crippen molar-refractivity contribution in [3.05, 3.63) is 0 Å². The summed E-state index contributed by atoms with van der Waals surface area (Å²) >= 11 is 0. The summed E-state index contributed by atoms with van der Waals surface area (Å²) in [6.45, 7) is 4.27. The molecule has 1 aliphatic carbocycles. The molecule has 0 amide bonds. The fourth-order valence-electron chi connectivity index (χ4n) is 1.71. The Balaban J connectivity index is 2.16. The molecule has 0 unspecified atom stereocenters. The van der Waals surface area contributed by atoms with Crippen LogP contribution in [0.5, 0.6) is 6.01 Å². The number of methoxy groups -OCH3 is 1. The van der Waals surface area contributed by atoms with Gasteiger partial charge in [0, 0.05) is 5.54 Å². The van der Waals surface area contributed by atoms with E-state index < -0.39 is 0 Å². The van der Waals surface area contributed by atoms with Gasteiger partial charge in [-0.25, -0.2) is 0 Å². The van der Waals surface area contributed by atoms with Crippen molar-refractivity contribution >= 4 is 11.9 Å². The zero-order valence-corrected chi connectivity index (χ0v) is 9.82. The fraction of sp³-hybridized carbons (Fsp3) is 0.700. The molecule has 0 bridgehead atoms. The Hall–Kier alpha value is -1.59. The molecule has 3 N–H and O–H groups in total. The highest BCUT2D eigenvalue weighted by Gasteiger charge is 2.38. The maximum atomic E-state index is 5.56. The van der Waals surface area contributed by atoms with Crippen LogP contribution in [0, 0.1) is 5.92 Å². The second-order valence-corrected chi connectivity index (χ2v) is 4.62. The van der Waals surface area contributed by atoms with Crippen LogP contribution in [0.1, 0.15) is 26.7 Å². The van der Waals surface area contributed by atoms with Crippen LogP contribution in [0.2, 0.25) is 0 Å². The van der Waals surface area contributed by atoms with Crippen molar-refractivity contribution in [3.8, 4) is 6.01 Å². The van der Waals surface area contributed by atoms with Crippen molar-refractivity contribution in [2.75, 3.05) is 18.2 Å². The molecule has 1 aromatic heterocycles. The Morgan fingerprint density at radius 1 is 1.31 bits per heavy atom. The van der Waals surface area contributed by atoms with Crippen molar-refractivity contribution in [1.82, 2.24) is 15.0 Å². The fourth-order valence-corrected chi connectivity index (χ4v) is 1.71. The first-order chi connectivity index (χ1) is 7.51. The maximum absolute atomic E-state index is 5.56. The summed E-state index contributed by atoms with van der Waals surface area (Å²) in [7, 11) is 1.50. The molecule has 0 atom stereocenters. The highest BCUT2D eigenvalue weighted by Crippen LogP contribution is 2.40. The highest BCUT2D eigenvalue weighted by atomic mass is 16.5. The van der Waals surface area contributed by atoms with Crippen molar-refractivity contribution in [2.45, 2.75) is 32.2 Å². The maximum Gasteiger partial charge on any atom is 0.322 e. The molecule has 0 radical (unpaired) electrons. The van der Waals surface area contributed by atoms with Crippen LogP contribution >= 0.6 is 0 Å². The van der Waals surface area contributed by atoms with E-state index in [2.05, 4.69) is 34.1 Å². The quantitative estimate of drug-likeness (QED) is 0.793. The summed E-state index contributed by atoms with van der Waals surface area (Å²) < 4.78 is 4.94. The monoisotopic (exact) mass is 223 g/mol. The third-order valence-electron chi connectivity index (χ3n) is 2.85. The van der Waals surface area contributed by atoms with E-state index in [1.807, 2.05) is 0 Å². The minimum absolute atomic E-state index is 0.0151. The molecule has 0 spiro atoms. The molecule has 6 heteroatoms. The van der Waals surface area contributed by atoms with Gasteiger partial charge in [0.15, 0.2) is 0 Å². The first-order valence-corrected chi connectivity index (χ1v) is 5.35. The van der Waals surface area contributed by atoms with E-state index in [1.165, 1.54) is 20.0 Å². The van der Waals surface area contributed by atoms with Crippen LogP contribution in [0.15, 0.2) is 0 Å². The molecule has 1 heterocycles. The number of ether oxygens (including phenoxy) is 1. The Morgan fingerprint density at radius 3 is 2.56 bits per heavy atom. The number of nitrogen functional groups attached to an aromatic ring is 1. The van der Waals surface area contributed by atoms with Gasteiger partial charge in [-0.15, -0.1) is 0 Å². The van der Waals surface area contributed by atoms with Gasteiger partial charge in [-0.1, -0.05) is 0 Å². The van der Waals surface area contributed by atoms with Gasteiger partial charge >= 0.3 is 6.01 Å². The number of hydrogen-bond donors (Lipinski definition) is 2.